The number of methoxy groups -OCH3 is 1. The molecule has 0 spiro atoms. The van der Waals surface area contributed by atoms with Crippen LogP contribution in [-0.4, -0.2) is 30.6 Å². The van der Waals surface area contributed by atoms with Gasteiger partial charge in [0, 0.05) is 18.2 Å². The molecule has 0 atom stereocenters. The van der Waals surface area contributed by atoms with E-state index < -0.39 is 16.9 Å². The van der Waals surface area contributed by atoms with Crippen molar-refractivity contribution in [2.45, 2.75) is 6.92 Å². The lowest BCUT2D eigenvalue weighted by atomic mass is 10.1. The monoisotopic (exact) mass is 279 g/mol. The summed E-state index contributed by atoms with van der Waals surface area (Å²) in [6, 6.07) is 3.73. The number of benzene rings is 1. The zero-order valence-corrected chi connectivity index (χ0v) is 11.0. The molecule has 0 fully saturated rings. The minimum absolute atomic E-state index is 0.0326. The van der Waals surface area contributed by atoms with Crippen LogP contribution < -0.4 is 0 Å². The molecule has 0 aliphatic carbocycles. The van der Waals surface area contributed by atoms with Gasteiger partial charge in [0.05, 0.1) is 24.2 Å². The molecule has 0 saturated carbocycles. The highest BCUT2D eigenvalue weighted by Gasteiger charge is 2.14. The number of carbonyl (C=O) groups excluding carboxylic acids is 2. The molecule has 1 rings (SSSR count). The SMILES string of the molecule is CCOC(=O)C=Cc1cc(C(=O)OC)cc([N+](=O)[O-])c1. The summed E-state index contributed by atoms with van der Waals surface area (Å²) in [5.74, 6) is -1.27. The summed E-state index contributed by atoms with van der Waals surface area (Å²) >= 11 is 0. The molecule has 0 unspecified atom stereocenters. The second-order valence-electron chi connectivity index (χ2n) is 3.65. The Hall–Kier alpha value is -2.70. The van der Waals surface area contributed by atoms with Crippen LogP contribution in [0.3, 0.4) is 0 Å². The van der Waals surface area contributed by atoms with Gasteiger partial charge in [0.2, 0.25) is 0 Å². The lowest BCUT2D eigenvalue weighted by molar-refractivity contribution is -0.384. The maximum absolute atomic E-state index is 11.4. The molecule has 0 N–H and O–H groups in total. The highest BCUT2D eigenvalue weighted by molar-refractivity contribution is 5.92. The van der Waals surface area contributed by atoms with E-state index in [2.05, 4.69) is 9.47 Å². The van der Waals surface area contributed by atoms with Gasteiger partial charge in [0.1, 0.15) is 0 Å². The first-order valence-electron chi connectivity index (χ1n) is 5.70. The fourth-order valence-corrected chi connectivity index (χ4v) is 1.43. The standard InChI is InChI=1S/C13H13NO6/c1-3-20-12(15)5-4-9-6-10(13(16)19-2)8-11(7-9)14(17)18/h4-8H,3H2,1-2H3. The third kappa shape index (κ3) is 4.20. The Balaban J connectivity index is 3.12. The van der Waals surface area contributed by atoms with Crippen LogP contribution in [0.1, 0.15) is 22.8 Å². The molecular weight excluding hydrogens is 266 g/mol. The van der Waals surface area contributed by atoms with E-state index in [1.165, 1.54) is 25.3 Å². The van der Waals surface area contributed by atoms with E-state index in [0.29, 0.717) is 5.56 Å². The fourth-order valence-electron chi connectivity index (χ4n) is 1.43. The number of hydrogen-bond acceptors (Lipinski definition) is 6. The van der Waals surface area contributed by atoms with E-state index in [0.717, 1.165) is 12.1 Å². The second kappa shape index (κ2) is 7.03. The van der Waals surface area contributed by atoms with Gasteiger partial charge in [-0.15, -0.1) is 0 Å². The third-order valence-corrected chi connectivity index (χ3v) is 2.27. The average Bonchev–Trinajstić information content (AvgIpc) is 2.44. The molecule has 7 nitrogen and oxygen atoms in total. The summed E-state index contributed by atoms with van der Waals surface area (Å²) in [5.41, 5.74) is 0.0919. The third-order valence-electron chi connectivity index (χ3n) is 2.27. The van der Waals surface area contributed by atoms with Crippen LogP contribution in [0.4, 0.5) is 5.69 Å². The number of non-ortho nitro benzene ring substituents is 1. The molecule has 7 heteroatoms. The van der Waals surface area contributed by atoms with Crippen molar-refractivity contribution in [3.05, 3.63) is 45.5 Å². The Bertz CT molecular complexity index is 564. The van der Waals surface area contributed by atoms with Crippen molar-refractivity contribution < 1.29 is 24.0 Å². The maximum Gasteiger partial charge on any atom is 0.338 e. The molecule has 20 heavy (non-hydrogen) atoms. The van der Waals surface area contributed by atoms with Crippen LogP contribution in [0.2, 0.25) is 0 Å². The van der Waals surface area contributed by atoms with Gasteiger partial charge in [0.15, 0.2) is 0 Å². The first-order valence-corrected chi connectivity index (χ1v) is 5.70. The Morgan fingerprint density at radius 3 is 2.60 bits per heavy atom. The summed E-state index contributed by atoms with van der Waals surface area (Å²) in [4.78, 5) is 32.8. The van der Waals surface area contributed by atoms with E-state index in [-0.39, 0.29) is 17.9 Å². The minimum atomic E-state index is -0.695. The molecule has 0 radical (unpaired) electrons. The summed E-state index contributed by atoms with van der Waals surface area (Å²) in [6.45, 7) is 1.89. The van der Waals surface area contributed by atoms with Crippen molar-refractivity contribution in [3.63, 3.8) is 0 Å². The Morgan fingerprint density at radius 2 is 2.05 bits per heavy atom. The highest BCUT2D eigenvalue weighted by atomic mass is 16.6. The van der Waals surface area contributed by atoms with E-state index >= 15 is 0 Å². The molecule has 0 aliphatic heterocycles. The van der Waals surface area contributed by atoms with Gasteiger partial charge in [-0.2, -0.15) is 0 Å². The van der Waals surface area contributed by atoms with Crippen LogP contribution >= 0.6 is 0 Å². The van der Waals surface area contributed by atoms with E-state index in [1.807, 2.05) is 0 Å². The molecule has 1 aromatic rings. The van der Waals surface area contributed by atoms with Gasteiger partial charge in [-0.25, -0.2) is 9.59 Å². The smallest absolute Gasteiger partial charge is 0.338 e. The van der Waals surface area contributed by atoms with Gasteiger partial charge < -0.3 is 9.47 Å². The van der Waals surface area contributed by atoms with Crippen LogP contribution in [0.15, 0.2) is 24.3 Å². The van der Waals surface area contributed by atoms with E-state index in [4.69, 9.17) is 0 Å². The molecule has 106 valence electrons. The van der Waals surface area contributed by atoms with Crippen LogP contribution in [0, 0.1) is 10.1 Å². The van der Waals surface area contributed by atoms with Gasteiger partial charge in [0.25, 0.3) is 5.69 Å². The number of nitro groups is 1. The Labute approximate surface area is 114 Å². The Kier molecular flexibility index (Phi) is 5.40. The maximum atomic E-state index is 11.4. The number of ether oxygens (including phenoxy) is 2. The molecular formula is C13H13NO6. The summed E-state index contributed by atoms with van der Waals surface area (Å²) < 4.78 is 9.20. The van der Waals surface area contributed by atoms with Crippen LogP contribution in [0.5, 0.6) is 0 Å². The fraction of sp³-hybridized carbons (Fsp3) is 0.231. The van der Waals surface area contributed by atoms with Gasteiger partial charge in [-0.1, -0.05) is 0 Å². The number of esters is 2. The first kappa shape index (κ1) is 15.4. The van der Waals surface area contributed by atoms with E-state index in [9.17, 15) is 19.7 Å². The highest BCUT2D eigenvalue weighted by Crippen LogP contribution is 2.19. The Morgan fingerprint density at radius 1 is 1.35 bits per heavy atom. The van der Waals surface area contributed by atoms with Gasteiger partial charge >= 0.3 is 11.9 Å². The van der Waals surface area contributed by atoms with Crippen molar-refractivity contribution >= 4 is 23.7 Å². The summed E-state index contributed by atoms with van der Waals surface area (Å²) in [6.07, 6.45) is 2.46. The van der Waals surface area contributed by atoms with Gasteiger partial charge in [-0.3, -0.25) is 10.1 Å². The van der Waals surface area contributed by atoms with Crippen molar-refractivity contribution in [1.29, 1.82) is 0 Å². The second-order valence-corrected chi connectivity index (χ2v) is 3.65. The number of nitro benzene ring substituents is 1. The molecule has 1 aromatic carbocycles. The van der Waals surface area contributed by atoms with Crippen LogP contribution in [-0.2, 0) is 14.3 Å². The molecule has 0 saturated heterocycles. The predicted octanol–water partition coefficient (Wildman–Crippen LogP) is 1.96. The zero-order valence-electron chi connectivity index (χ0n) is 11.0. The van der Waals surface area contributed by atoms with Crippen molar-refractivity contribution in [3.8, 4) is 0 Å². The number of rotatable bonds is 5. The van der Waals surface area contributed by atoms with Crippen molar-refractivity contribution in [1.82, 2.24) is 0 Å². The topological polar surface area (TPSA) is 95.7 Å². The number of hydrogen-bond donors (Lipinski definition) is 0. The molecule has 0 aromatic heterocycles. The molecule has 0 amide bonds. The van der Waals surface area contributed by atoms with Gasteiger partial charge in [-0.05, 0) is 24.6 Å². The molecule has 0 bridgehead atoms. The zero-order chi connectivity index (χ0) is 15.1. The molecule has 0 heterocycles. The average molecular weight is 279 g/mol. The van der Waals surface area contributed by atoms with Crippen molar-refractivity contribution in [2.75, 3.05) is 13.7 Å². The van der Waals surface area contributed by atoms with E-state index in [1.54, 1.807) is 6.92 Å². The lowest BCUT2D eigenvalue weighted by Crippen LogP contribution is -2.03. The molecule has 0 aliphatic rings. The lowest BCUT2D eigenvalue weighted by Gasteiger charge is -2.01. The number of carbonyl (C=O) groups is 2. The summed E-state index contributed by atoms with van der Waals surface area (Å²) in [5, 5.41) is 10.8. The summed E-state index contributed by atoms with van der Waals surface area (Å²) in [7, 11) is 1.18. The normalized spacial score (nSPS) is 10.3. The first-order chi connectivity index (χ1) is 9.47. The van der Waals surface area contributed by atoms with Crippen LogP contribution in [0.25, 0.3) is 6.08 Å². The largest absolute Gasteiger partial charge is 0.465 e. The predicted molar refractivity (Wildman–Crippen MR) is 70.1 cm³/mol. The van der Waals surface area contributed by atoms with Crippen molar-refractivity contribution in [2.24, 2.45) is 0 Å². The number of nitrogens with zero attached hydrogens (tertiary/aromatic N) is 1. The quantitative estimate of drug-likeness (QED) is 0.354. The minimum Gasteiger partial charge on any atom is -0.465 e.